The summed E-state index contributed by atoms with van der Waals surface area (Å²) in [4.78, 5) is 2.77. The molecule has 2 saturated heterocycles. The first-order valence-electron chi connectivity index (χ1n) is 11.4. The van der Waals surface area contributed by atoms with E-state index in [-0.39, 0.29) is 0 Å². The number of benzene rings is 3. The minimum Gasteiger partial charge on any atom is -0.365 e. The van der Waals surface area contributed by atoms with Crippen molar-refractivity contribution in [1.29, 1.82) is 0 Å². The Morgan fingerprint density at radius 3 is 2.30 bits per heavy atom. The van der Waals surface area contributed by atoms with E-state index in [2.05, 4.69) is 97.0 Å². The van der Waals surface area contributed by atoms with Gasteiger partial charge in [0.25, 0.3) is 0 Å². The van der Waals surface area contributed by atoms with Gasteiger partial charge in [-0.2, -0.15) is 0 Å². The number of hydrogen-bond acceptors (Lipinski definition) is 1. The van der Waals surface area contributed by atoms with Crippen LogP contribution >= 0.6 is 0 Å². The summed E-state index contributed by atoms with van der Waals surface area (Å²) >= 11 is 0. The fraction of sp³-hybridized carbons (Fsp3) is 0.357. The number of piperidine rings is 2. The Bertz CT molecular complexity index is 1240. The third-order valence-electron chi connectivity index (χ3n) is 8.20. The maximum Gasteiger partial charge on any atom is 0.0545 e. The van der Waals surface area contributed by atoms with Crippen molar-refractivity contribution in [2.24, 2.45) is 5.41 Å². The topological polar surface area (TPSA) is 8.17 Å². The molecule has 2 aliphatic heterocycles. The van der Waals surface area contributed by atoms with Crippen molar-refractivity contribution in [3.8, 4) is 5.69 Å². The summed E-state index contributed by atoms with van der Waals surface area (Å²) in [5, 5.41) is 2.72. The number of hydrogen-bond donors (Lipinski definition) is 0. The van der Waals surface area contributed by atoms with Crippen LogP contribution in [0.25, 0.3) is 27.5 Å². The van der Waals surface area contributed by atoms with E-state index in [1.54, 1.807) is 0 Å². The molecule has 3 aliphatic rings. The van der Waals surface area contributed by atoms with Gasteiger partial charge in [0.2, 0.25) is 0 Å². The molecule has 0 N–H and O–H groups in total. The Kier molecular flexibility index (Phi) is 3.84. The van der Waals surface area contributed by atoms with Crippen LogP contribution in [0.15, 0.2) is 66.7 Å². The van der Waals surface area contributed by atoms with Crippen LogP contribution in [0.3, 0.4) is 0 Å². The van der Waals surface area contributed by atoms with E-state index in [9.17, 15) is 0 Å². The number of anilines is 1. The summed E-state index contributed by atoms with van der Waals surface area (Å²) in [5.41, 5.74) is 7.12. The van der Waals surface area contributed by atoms with Crippen LogP contribution in [0.4, 0.5) is 5.69 Å². The number of rotatable bonds is 2. The van der Waals surface area contributed by atoms with Gasteiger partial charge in [-0.1, -0.05) is 43.3 Å². The predicted molar refractivity (Wildman–Crippen MR) is 128 cm³/mol. The Hall–Kier alpha value is -2.74. The molecule has 0 radical (unpaired) electrons. The van der Waals surface area contributed by atoms with Gasteiger partial charge < -0.3 is 9.47 Å². The molecule has 3 heterocycles. The van der Waals surface area contributed by atoms with Gasteiger partial charge in [-0.25, -0.2) is 0 Å². The zero-order valence-electron chi connectivity index (χ0n) is 18.2. The lowest BCUT2D eigenvalue weighted by Crippen LogP contribution is -2.59. The molecule has 30 heavy (non-hydrogen) atoms. The molecule has 7 rings (SSSR count). The third-order valence-corrected chi connectivity index (χ3v) is 8.20. The van der Waals surface area contributed by atoms with E-state index < -0.39 is 0 Å². The Morgan fingerprint density at radius 1 is 0.833 bits per heavy atom. The summed E-state index contributed by atoms with van der Waals surface area (Å²) in [6.07, 6.45) is 5.43. The van der Waals surface area contributed by atoms with Crippen LogP contribution in [-0.2, 0) is 0 Å². The lowest BCUT2D eigenvalue weighted by molar-refractivity contribution is 0.0967. The molecule has 1 aliphatic carbocycles. The monoisotopic (exact) mass is 394 g/mol. The Morgan fingerprint density at radius 2 is 1.53 bits per heavy atom. The maximum atomic E-state index is 2.77. The lowest BCUT2D eigenvalue weighted by Gasteiger charge is -2.57. The molecule has 0 amide bonds. The first-order valence-corrected chi connectivity index (χ1v) is 11.4. The van der Waals surface area contributed by atoms with E-state index in [0.717, 1.165) is 0 Å². The van der Waals surface area contributed by atoms with Gasteiger partial charge in [-0.3, -0.25) is 0 Å². The van der Waals surface area contributed by atoms with Crippen molar-refractivity contribution >= 4 is 27.5 Å². The van der Waals surface area contributed by atoms with Crippen molar-refractivity contribution < 1.29 is 0 Å². The van der Waals surface area contributed by atoms with Crippen molar-refractivity contribution in [1.82, 2.24) is 4.57 Å². The SMILES string of the molecule is Cc1cc2c(cc1N1C3CCC(C)(CC3)C1C)c1ccccc1n2-c1ccccc1. The molecule has 1 saturated carbocycles. The summed E-state index contributed by atoms with van der Waals surface area (Å²) in [6, 6.07) is 25.8. The summed E-state index contributed by atoms with van der Waals surface area (Å²) in [5.74, 6) is 0. The molecule has 2 heteroatoms. The van der Waals surface area contributed by atoms with Gasteiger partial charge >= 0.3 is 0 Å². The van der Waals surface area contributed by atoms with Crippen LogP contribution in [0.1, 0.15) is 45.1 Å². The minimum absolute atomic E-state index is 0.453. The van der Waals surface area contributed by atoms with Crippen LogP contribution in [0, 0.1) is 12.3 Å². The summed E-state index contributed by atoms with van der Waals surface area (Å²) in [7, 11) is 0. The highest BCUT2D eigenvalue weighted by Gasteiger charge is 2.47. The number of aryl methyl sites for hydroxylation is 1. The first-order chi connectivity index (χ1) is 14.6. The van der Waals surface area contributed by atoms with Crippen LogP contribution < -0.4 is 4.90 Å². The molecule has 3 fully saturated rings. The number of nitrogens with zero attached hydrogens (tertiary/aromatic N) is 2. The molecule has 152 valence electrons. The second kappa shape index (κ2) is 6.38. The molecule has 1 aromatic heterocycles. The summed E-state index contributed by atoms with van der Waals surface area (Å²) < 4.78 is 2.43. The molecule has 1 atom stereocenters. The molecular formula is C28H30N2. The van der Waals surface area contributed by atoms with E-state index in [0.29, 0.717) is 17.5 Å². The highest BCUT2D eigenvalue weighted by atomic mass is 15.2. The Balaban J connectivity index is 1.61. The van der Waals surface area contributed by atoms with Gasteiger partial charge in [0.15, 0.2) is 0 Å². The van der Waals surface area contributed by atoms with Crippen LogP contribution in [0.2, 0.25) is 0 Å². The highest BCUT2D eigenvalue weighted by molar-refractivity contribution is 6.10. The molecule has 3 aromatic carbocycles. The van der Waals surface area contributed by atoms with E-state index >= 15 is 0 Å². The van der Waals surface area contributed by atoms with Crippen LogP contribution in [0.5, 0.6) is 0 Å². The Labute approximate surface area is 179 Å². The third kappa shape index (κ3) is 2.43. The van der Waals surface area contributed by atoms with Crippen molar-refractivity contribution in [3.05, 3.63) is 72.3 Å². The van der Waals surface area contributed by atoms with E-state index in [1.165, 1.54) is 64.4 Å². The molecular weight excluding hydrogens is 364 g/mol. The van der Waals surface area contributed by atoms with Gasteiger partial charge in [0, 0.05) is 34.2 Å². The van der Waals surface area contributed by atoms with Gasteiger partial charge in [-0.05, 0) is 80.8 Å². The molecule has 0 spiro atoms. The summed E-state index contributed by atoms with van der Waals surface area (Å²) in [6.45, 7) is 7.27. The normalized spacial score (nSPS) is 26.0. The molecule has 1 unspecified atom stereocenters. The maximum absolute atomic E-state index is 2.77. The van der Waals surface area contributed by atoms with Crippen molar-refractivity contribution in [3.63, 3.8) is 0 Å². The average Bonchev–Trinajstić information content (AvgIpc) is 3.08. The van der Waals surface area contributed by atoms with Gasteiger partial charge in [-0.15, -0.1) is 0 Å². The van der Waals surface area contributed by atoms with Crippen molar-refractivity contribution in [2.75, 3.05) is 4.90 Å². The molecule has 4 aromatic rings. The van der Waals surface area contributed by atoms with E-state index in [4.69, 9.17) is 0 Å². The standard InChI is InChI=1S/C28H30N2/c1-19-17-27-24(18-26(19)29-20(2)28(3)15-13-22(29)14-16-28)23-11-7-8-12-25(23)30(27)21-9-5-4-6-10-21/h4-12,17-18,20,22H,13-16H2,1-3H3. The number of aromatic nitrogens is 1. The zero-order chi connectivity index (χ0) is 20.5. The first kappa shape index (κ1) is 18.1. The van der Waals surface area contributed by atoms with Gasteiger partial charge in [0.05, 0.1) is 11.0 Å². The zero-order valence-corrected chi connectivity index (χ0v) is 18.2. The van der Waals surface area contributed by atoms with Crippen molar-refractivity contribution in [2.45, 2.75) is 58.5 Å². The smallest absolute Gasteiger partial charge is 0.0545 e. The quantitative estimate of drug-likeness (QED) is 0.347. The molecule has 2 nitrogen and oxygen atoms in total. The van der Waals surface area contributed by atoms with Crippen LogP contribution in [-0.4, -0.2) is 16.7 Å². The lowest BCUT2D eigenvalue weighted by atomic mass is 9.64. The van der Waals surface area contributed by atoms with Gasteiger partial charge in [0.1, 0.15) is 0 Å². The predicted octanol–water partition coefficient (Wildman–Crippen LogP) is 7.25. The largest absolute Gasteiger partial charge is 0.365 e. The fourth-order valence-electron chi connectivity index (χ4n) is 6.26. The number of fused-ring (bicyclic) bond motifs is 6. The average molecular weight is 395 g/mol. The molecule has 2 bridgehead atoms. The second-order valence-electron chi connectivity index (χ2n) is 9.81. The highest BCUT2D eigenvalue weighted by Crippen LogP contribution is 2.51. The van der Waals surface area contributed by atoms with E-state index in [1.807, 2.05) is 0 Å². The fourth-order valence-corrected chi connectivity index (χ4v) is 6.26. The second-order valence-corrected chi connectivity index (χ2v) is 9.81. The minimum atomic E-state index is 0.453. The number of para-hydroxylation sites is 2.